The summed E-state index contributed by atoms with van der Waals surface area (Å²) in [4.78, 5) is 97.9. The molecule has 0 bridgehead atoms. The highest BCUT2D eigenvalue weighted by Crippen LogP contribution is 2.34. The zero-order valence-corrected chi connectivity index (χ0v) is 44.6. The number of carbonyl (C=O) groups is 6. The van der Waals surface area contributed by atoms with Crippen molar-refractivity contribution in [3.05, 3.63) is 114 Å². The number of benzene rings is 3. The first-order valence-electron chi connectivity index (χ1n) is 27.7. The van der Waals surface area contributed by atoms with Crippen LogP contribution < -0.4 is 26.0 Å². The maximum atomic E-state index is 13.7. The highest BCUT2D eigenvalue weighted by Gasteiger charge is 2.35. The zero-order chi connectivity index (χ0) is 55.0. The molecule has 3 aromatic carbocycles. The molecule has 21 heteroatoms. The number of hydrogen-bond acceptors (Lipinski definition) is 14. The van der Waals surface area contributed by atoms with Crippen LogP contribution in [-0.2, 0) is 19.1 Å². The highest BCUT2D eigenvalue weighted by atomic mass is 19.1. The summed E-state index contributed by atoms with van der Waals surface area (Å²) < 4.78 is 26.7. The number of likely N-dealkylation sites (tertiary alicyclic amines) is 4. The summed E-state index contributed by atoms with van der Waals surface area (Å²) in [6.45, 7) is 9.07. The number of anilines is 3. The summed E-state index contributed by atoms with van der Waals surface area (Å²) in [5, 5.41) is 9.69. The number of esters is 1. The van der Waals surface area contributed by atoms with Crippen molar-refractivity contribution >= 4 is 52.8 Å². The number of nitrogens with zero attached hydrogens (tertiary/aromatic N) is 9. The van der Waals surface area contributed by atoms with Crippen LogP contribution in [-0.4, -0.2) is 154 Å². The van der Waals surface area contributed by atoms with E-state index in [1.165, 1.54) is 61.7 Å². The number of halogens is 1. The Balaban J connectivity index is 0.619. The first-order valence-corrected chi connectivity index (χ1v) is 27.7. The van der Waals surface area contributed by atoms with Gasteiger partial charge in [0.15, 0.2) is 11.5 Å². The minimum Gasteiger partial charge on any atom is -0.495 e. The molecular weight excluding hydrogens is 1010 g/mol. The molecular formula is C58H69FN12O8. The Morgan fingerprint density at radius 1 is 0.797 bits per heavy atom. The molecule has 7 heterocycles. The zero-order valence-electron chi connectivity index (χ0n) is 44.6. The average Bonchev–Trinajstić information content (AvgIpc) is 4.04. The molecule has 5 aromatic rings. The van der Waals surface area contributed by atoms with Gasteiger partial charge in [-0.15, -0.1) is 0 Å². The van der Waals surface area contributed by atoms with Crippen LogP contribution in [0.3, 0.4) is 0 Å². The monoisotopic (exact) mass is 1080 g/mol. The molecule has 5 aliphatic heterocycles. The van der Waals surface area contributed by atoms with E-state index in [-0.39, 0.29) is 54.2 Å². The van der Waals surface area contributed by atoms with Crippen molar-refractivity contribution < 1.29 is 42.6 Å². The van der Waals surface area contributed by atoms with Gasteiger partial charge in [0, 0.05) is 93.3 Å². The Bertz CT molecular complexity index is 2980. The molecule has 2 aromatic heterocycles. The minimum absolute atomic E-state index is 0.102. The van der Waals surface area contributed by atoms with E-state index >= 15 is 0 Å². The van der Waals surface area contributed by atoms with E-state index in [4.69, 9.17) is 15.2 Å². The van der Waals surface area contributed by atoms with Gasteiger partial charge in [-0.05, 0) is 132 Å². The Labute approximate surface area is 458 Å². The third kappa shape index (κ3) is 13.2. The number of nitrogens with two attached hydrogens (primary N) is 1. The van der Waals surface area contributed by atoms with Gasteiger partial charge in [0.1, 0.15) is 11.6 Å². The third-order valence-corrected chi connectivity index (χ3v) is 16.4. The molecule has 6 amide bonds. The number of ether oxygens (including phenoxy) is 2. The standard InChI is InChI=1S/C58H69FN12O8/c1-78-49-12-7-42(33-48(49)70-32-22-50(72)65-58(70)77)56(75)69-30-18-41(19-31-69)55(74)68-28-16-39(17-29-68)36-67-24-14-38(15-25-67)13-23-66-26-20-46(21-27-66)71-37-43(34-62-71)47-35-61-53(60)51(64-47)57(76)79-52(40-5-3-2-4-6-40)54(73)63-45-10-8-44(59)9-11-45/h2-12,33-35,37-39,41,46,52H,13-32,36H2,1H3,(H2,60,61)(H,63,73)(H,65,72,77)/t52-/m1/s1. The summed E-state index contributed by atoms with van der Waals surface area (Å²) >= 11 is 0. The van der Waals surface area contributed by atoms with E-state index in [9.17, 15) is 33.2 Å². The first kappa shape index (κ1) is 54.6. The summed E-state index contributed by atoms with van der Waals surface area (Å²) in [7, 11) is 1.50. The topological polar surface area (TPSA) is 231 Å². The maximum absolute atomic E-state index is 13.7. The highest BCUT2D eigenvalue weighted by molar-refractivity contribution is 6.07. The maximum Gasteiger partial charge on any atom is 0.361 e. The van der Waals surface area contributed by atoms with Crippen LogP contribution in [0.1, 0.15) is 103 Å². The van der Waals surface area contributed by atoms with Gasteiger partial charge in [0.05, 0.1) is 36.9 Å². The van der Waals surface area contributed by atoms with Crippen LogP contribution in [0, 0.1) is 23.6 Å². The van der Waals surface area contributed by atoms with Crippen molar-refractivity contribution in [2.24, 2.45) is 17.8 Å². The van der Waals surface area contributed by atoms with E-state index in [1.807, 2.05) is 15.8 Å². The summed E-state index contributed by atoms with van der Waals surface area (Å²) in [6, 6.07) is 18.5. The number of methoxy groups -OCH3 is 1. The Kier molecular flexibility index (Phi) is 17.2. The number of hydrogen-bond donors (Lipinski definition) is 3. The van der Waals surface area contributed by atoms with Crippen LogP contribution in [0.5, 0.6) is 5.75 Å². The van der Waals surface area contributed by atoms with E-state index in [1.54, 1.807) is 59.6 Å². The smallest absolute Gasteiger partial charge is 0.361 e. The Hall–Kier alpha value is -7.78. The van der Waals surface area contributed by atoms with Crippen molar-refractivity contribution in [3.63, 3.8) is 0 Å². The van der Waals surface area contributed by atoms with Gasteiger partial charge in [0.2, 0.25) is 17.9 Å². The fraction of sp³-hybridized carbons (Fsp3) is 0.466. The van der Waals surface area contributed by atoms with E-state index in [0.29, 0.717) is 77.3 Å². The molecule has 5 aliphatic rings. The number of amides is 6. The molecule has 5 saturated heterocycles. The third-order valence-electron chi connectivity index (χ3n) is 16.4. The van der Waals surface area contributed by atoms with Crippen LogP contribution >= 0.6 is 0 Å². The van der Waals surface area contributed by atoms with Gasteiger partial charge in [-0.1, -0.05) is 30.3 Å². The number of piperidine rings is 4. The molecule has 0 unspecified atom stereocenters. The van der Waals surface area contributed by atoms with Crippen LogP contribution in [0.15, 0.2) is 91.4 Å². The van der Waals surface area contributed by atoms with Crippen molar-refractivity contribution in [1.82, 2.24) is 44.7 Å². The number of aromatic nitrogens is 4. The lowest BCUT2D eigenvalue weighted by atomic mass is 9.89. The largest absolute Gasteiger partial charge is 0.495 e. The molecule has 4 N–H and O–H groups in total. The van der Waals surface area contributed by atoms with Crippen molar-refractivity contribution in [2.45, 2.75) is 76.4 Å². The van der Waals surface area contributed by atoms with E-state index in [2.05, 4.69) is 35.5 Å². The SMILES string of the molecule is COc1ccc(C(=O)N2CCC(C(=O)N3CCC(CN4CCC(CCN5CCC(n6cc(-c7cnc(N)c(C(=O)O[C@@H](C(=O)Nc8ccc(F)cc8)c8ccccc8)n7)cn6)CC5)CC4)CC3)CC2)cc1N1CCC(=O)NC1=O. The molecule has 5 fully saturated rings. The van der Waals surface area contributed by atoms with E-state index < -0.39 is 29.8 Å². The molecule has 20 nitrogen and oxygen atoms in total. The molecule has 0 aliphatic carbocycles. The second-order valence-electron chi connectivity index (χ2n) is 21.5. The molecule has 0 saturated carbocycles. The van der Waals surface area contributed by atoms with Crippen molar-refractivity contribution in [2.75, 3.05) is 95.1 Å². The predicted octanol–water partition coefficient (Wildman–Crippen LogP) is 6.58. The lowest BCUT2D eigenvalue weighted by Gasteiger charge is -2.40. The van der Waals surface area contributed by atoms with Crippen molar-refractivity contribution in [3.8, 4) is 17.0 Å². The number of imide groups is 1. The Morgan fingerprint density at radius 3 is 2.20 bits per heavy atom. The van der Waals surface area contributed by atoms with Gasteiger partial charge < -0.3 is 40.1 Å². The lowest BCUT2D eigenvalue weighted by molar-refractivity contribution is -0.138. The van der Waals surface area contributed by atoms with Gasteiger partial charge in [0.25, 0.3) is 11.8 Å². The van der Waals surface area contributed by atoms with Crippen LogP contribution in [0.4, 0.5) is 26.4 Å². The molecule has 10 rings (SSSR count). The van der Waals surface area contributed by atoms with Gasteiger partial charge >= 0.3 is 12.0 Å². The van der Waals surface area contributed by atoms with Crippen LogP contribution in [0.25, 0.3) is 11.3 Å². The lowest BCUT2D eigenvalue weighted by Crippen LogP contribution is -2.49. The number of nitrogen functional groups attached to an aromatic ring is 1. The second-order valence-corrected chi connectivity index (χ2v) is 21.5. The predicted molar refractivity (Wildman–Crippen MR) is 292 cm³/mol. The Morgan fingerprint density at radius 2 is 1.49 bits per heavy atom. The number of nitrogens with one attached hydrogen (secondary N) is 2. The summed E-state index contributed by atoms with van der Waals surface area (Å²) in [5.74, 6) is -0.832. The average molecular weight is 1080 g/mol. The number of rotatable bonds is 16. The fourth-order valence-electron chi connectivity index (χ4n) is 11.7. The van der Waals surface area contributed by atoms with Crippen LogP contribution in [0.2, 0.25) is 0 Å². The van der Waals surface area contributed by atoms with Gasteiger partial charge in [-0.2, -0.15) is 5.10 Å². The minimum atomic E-state index is -1.36. The number of urea groups is 1. The van der Waals surface area contributed by atoms with Crippen molar-refractivity contribution in [1.29, 1.82) is 0 Å². The second kappa shape index (κ2) is 24.9. The molecule has 0 radical (unpaired) electrons. The van der Waals surface area contributed by atoms with Gasteiger partial charge in [-0.3, -0.25) is 34.1 Å². The molecule has 416 valence electrons. The molecule has 0 spiro atoms. The summed E-state index contributed by atoms with van der Waals surface area (Å²) in [6.07, 6.45) is 12.7. The number of carbonyl (C=O) groups excluding carboxylic acids is 6. The summed E-state index contributed by atoms with van der Waals surface area (Å²) in [5.41, 5.74) is 8.59. The van der Waals surface area contributed by atoms with Gasteiger partial charge in [-0.25, -0.2) is 23.9 Å². The quantitative estimate of drug-likeness (QED) is 0.0887. The normalized spacial score (nSPS) is 19.0. The molecule has 79 heavy (non-hydrogen) atoms. The van der Waals surface area contributed by atoms with E-state index in [0.717, 1.165) is 78.0 Å². The fourth-order valence-corrected chi connectivity index (χ4v) is 11.7. The molecule has 1 atom stereocenters. The first-order chi connectivity index (χ1) is 38.3.